The van der Waals surface area contributed by atoms with Gasteiger partial charge in [0.15, 0.2) is 0 Å². The van der Waals surface area contributed by atoms with Crippen molar-refractivity contribution in [3.05, 3.63) is 70.6 Å². The molecule has 0 bridgehead atoms. The van der Waals surface area contributed by atoms with Crippen molar-refractivity contribution >= 4 is 29.1 Å². The standard InChI is InChI=1S/C28H31N3O5S/c1-18-16-24(37-25(18)19-8-4-3-5-9-19)28(34)31-22-10-6-7-13-29-26(32)21-12-11-20(35-2)17-23(21)36-15-14-30-27(22)33/h3-5,8-9,11-12,16-17,22H,6-7,10,13-15H2,1-2H3,(H,29,32)(H,30,33)(H,31,34)/t22-/m0/s1. The molecule has 0 aliphatic carbocycles. The van der Waals surface area contributed by atoms with E-state index in [0.717, 1.165) is 16.0 Å². The highest BCUT2D eigenvalue weighted by atomic mass is 32.1. The molecule has 2 heterocycles. The molecule has 0 radical (unpaired) electrons. The first-order valence-electron chi connectivity index (χ1n) is 12.3. The fourth-order valence-electron chi connectivity index (χ4n) is 4.13. The zero-order valence-electron chi connectivity index (χ0n) is 21.0. The Morgan fingerprint density at radius 1 is 1.05 bits per heavy atom. The third-order valence-corrected chi connectivity index (χ3v) is 7.38. The van der Waals surface area contributed by atoms with Crippen LogP contribution in [-0.2, 0) is 4.79 Å². The molecule has 0 fully saturated rings. The number of fused-ring (bicyclic) bond motifs is 1. The zero-order valence-corrected chi connectivity index (χ0v) is 21.8. The smallest absolute Gasteiger partial charge is 0.262 e. The van der Waals surface area contributed by atoms with Crippen LogP contribution in [0.2, 0.25) is 0 Å². The van der Waals surface area contributed by atoms with Gasteiger partial charge < -0.3 is 25.4 Å². The van der Waals surface area contributed by atoms with Crippen molar-refractivity contribution in [2.24, 2.45) is 0 Å². The molecule has 0 unspecified atom stereocenters. The highest BCUT2D eigenvalue weighted by molar-refractivity contribution is 7.17. The van der Waals surface area contributed by atoms with Gasteiger partial charge in [0.2, 0.25) is 5.91 Å². The lowest BCUT2D eigenvalue weighted by Gasteiger charge is -2.19. The van der Waals surface area contributed by atoms with Gasteiger partial charge in [0.05, 0.1) is 24.1 Å². The molecule has 2 aromatic carbocycles. The molecule has 9 heteroatoms. The lowest BCUT2D eigenvalue weighted by atomic mass is 10.1. The summed E-state index contributed by atoms with van der Waals surface area (Å²) in [7, 11) is 1.54. The summed E-state index contributed by atoms with van der Waals surface area (Å²) >= 11 is 1.41. The second-order valence-corrected chi connectivity index (χ2v) is 9.82. The van der Waals surface area contributed by atoms with Crippen molar-refractivity contribution in [2.45, 2.75) is 32.2 Å². The SMILES string of the molecule is COc1ccc2c(c1)OCCNC(=O)[C@@H](NC(=O)c1cc(C)c(-c3ccccc3)s1)CCCCNC2=O. The van der Waals surface area contributed by atoms with Gasteiger partial charge in [-0.1, -0.05) is 30.3 Å². The maximum absolute atomic E-state index is 13.1. The van der Waals surface area contributed by atoms with Crippen LogP contribution in [0.25, 0.3) is 10.4 Å². The molecule has 0 spiro atoms. The van der Waals surface area contributed by atoms with E-state index in [2.05, 4.69) is 16.0 Å². The number of amides is 3. The predicted molar refractivity (Wildman–Crippen MR) is 143 cm³/mol. The van der Waals surface area contributed by atoms with E-state index < -0.39 is 6.04 Å². The van der Waals surface area contributed by atoms with Crippen LogP contribution in [0.15, 0.2) is 54.6 Å². The second kappa shape index (κ2) is 12.4. The normalized spacial score (nSPS) is 16.9. The third-order valence-electron chi connectivity index (χ3n) is 6.10. The molecule has 4 rings (SSSR count). The summed E-state index contributed by atoms with van der Waals surface area (Å²) in [5.41, 5.74) is 2.48. The van der Waals surface area contributed by atoms with Gasteiger partial charge in [-0.2, -0.15) is 0 Å². The minimum atomic E-state index is -0.693. The number of carbonyl (C=O) groups excluding carboxylic acids is 3. The van der Waals surface area contributed by atoms with E-state index in [9.17, 15) is 14.4 Å². The fourth-order valence-corrected chi connectivity index (χ4v) is 5.22. The van der Waals surface area contributed by atoms with Gasteiger partial charge in [-0.25, -0.2) is 0 Å². The molecule has 1 aromatic heterocycles. The first-order chi connectivity index (χ1) is 18.0. The monoisotopic (exact) mass is 521 g/mol. The van der Waals surface area contributed by atoms with E-state index in [1.807, 2.05) is 43.3 Å². The first-order valence-corrected chi connectivity index (χ1v) is 13.1. The van der Waals surface area contributed by atoms with Crippen LogP contribution in [0.1, 0.15) is 44.9 Å². The second-order valence-electron chi connectivity index (χ2n) is 8.77. The molecule has 194 valence electrons. The average Bonchev–Trinajstić information content (AvgIpc) is 3.31. The molecular formula is C28H31N3O5S. The van der Waals surface area contributed by atoms with Crippen LogP contribution in [0.4, 0.5) is 0 Å². The van der Waals surface area contributed by atoms with E-state index in [1.54, 1.807) is 25.3 Å². The number of hydrogen-bond donors (Lipinski definition) is 3. The van der Waals surface area contributed by atoms with E-state index in [-0.39, 0.29) is 30.9 Å². The number of ether oxygens (including phenoxy) is 2. The molecule has 8 nitrogen and oxygen atoms in total. The average molecular weight is 522 g/mol. The Kier molecular flexibility index (Phi) is 8.79. The molecule has 0 saturated carbocycles. The van der Waals surface area contributed by atoms with Crippen LogP contribution >= 0.6 is 11.3 Å². The number of carbonyl (C=O) groups is 3. The molecule has 0 saturated heterocycles. The molecule has 1 aliphatic heterocycles. The van der Waals surface area contributed by atoms with Crippen LogP contribution in [-0.4, -0.2) is 50.6 Å². The van der Waals surface area contributed by atoms with Gasteiger partial charge in [-0.05, 0) is 55.5 Å². The van der Waals surface area contributed by atoms with Crippen LogP contribution < -0.4 is 25.4 Å². The Morgan fingerprint density at radius 3 is 2.65 bits per heavy atom. The number of benzene rings is 2. The molecule has 1 aliphatic rings. The highest BCUT2D eigenvalue weighted by Gasteiger charge is 2.23. The van der Waals surface area contributed by atoms with Crippen molar-refractivity contribution in [1.29, 1.82) is 0 Å². The van der Waals surface area contributed by atoms with Crippen LogP contribution in [0, 0.1) is 6.92 Å². The Hall–Kier alpha value is -3.85. The summed E-state index contributed by atoms with van der Waals surface area (Å²) in [5.74, 6) is 0.183. The summed E-state index contributed by atoms with van der Waals surface area (Å²) in [6, 6.07) is 16.1. The molecule has 3 aromatic rings. The van der Waals surface area contributed by atoms with Crippen molar-refractivity contribution in [1.82, 2.24) is 16.0 Å². The lowest BCUT2D eigenvalue weighted by molar-refractivity contribution is -0.123. The predicted octanol–water partition coefficient (Wildman–Crippen LogP) is 3.94. The molecule has 3 amide bonds. The number of aryl methyl sites for hydroxylation is 1. The molecular weight excluding hydrogens is 490 g/mol. The maximum atomic E-state index is 13.1. The van der Waals surface area contributed by atoms with Gasteiger partial charge in [-0.15, -0.1) is 11.3 Å². The Bertz CT molecular complexity index is 1260. The first kappa shape index (κ1) is 26.2. The van der Waals surface area contributed by atoms with E-state index >= 15 is 0 Å². The van der Waals surface area contributed by atoms with Gasteiger partial charge in [0, 0.05) is 17.5 Å². The largest absolute Gasteiger partial charge is 0.497 e. The number of rotatable bonds is 4. The molecule has 1 atom stereocenters. The minimum absolute atomic E-state index is 0.157. The van der Waals surface area contributed by atoms with Gasteiger partial charge in [0.1, 0.15) is 24.1 Å². The van der Waals surface area contributed by atoms with Gasteiger partial charge in [-0.3, -0.25) is 14.4 Å². The maximum Gasteiger partial charge on any atom is 0.262 e. The number of thiophene rings is 1. The summed E-state index contributed by atoms with van der Waals surface area (Å²) in [5, 5.41) is 8.66. The van der Waals surface area contributed by atoms with Crippen LogP contribution in [0.3, 0.4) is 0 Å². The summed E-state index contributed by atoms with van der Waals surface area (Å²) < 4.78 is 11.0. The van der Waals surface area contributed by atoms with Crippen molar-refractivity contribution in [3.63, 3.8) is 0 Å². The topological polar surface area (TPSA) is 106 Å². The van der Waals surface area contributed by atoms with E-state index in [0.29, 0.717) is 47.7 Å². The van der Waals surface area contributed by atoms with Gasteiger partial charge in [0.25, 0.3) is 11.8 Å². The summed E-state index contributed by atoms with van der Waals surface area (Å²) in [4.78, 5) is 40.3. The number of nitrogens with one attached hydrogen (secondary N) is 3. The third kappa shape index (κ3) is 6.68. The number of methoxy groups -OCH3 is 1. The Balaban J connectivity index is 1.44. The Labute approximate surface area is 220 Å². The fraction of sp³-hybridized carbons (Fsp3) is 0.321. The summed E-state index contributed by atoms with van der Waals surface area (Å²) in [6.07, 6.45) is 1.77. The van der Waals surface area contributed by atoms with Crippen LogP contribution in [0.5, 0.6) is 11.5 Å². The quantitative estimate of drug-likeness (QED) is 0.482. The van der Waals surface area contributed by atoms with Gasteiger partial charge >= 0.3 is 0 Å². The zero-order chi connectivity index (χ0) is 26.2. The van der Waals surface area contributed by atoms with E-state index in [4.69, 9.17) is 9.47 Å². The minimum Gasteiger partial charge on any atom is -0.497 e. The number of hydrogen-bond acceptors (Lipinski definition) is 6. The summed E-state index contributed by atoms with van der Waals surface area (Å²) in [6.45, 7) is 2.80. The van der Waals surface area contributed by atoms with Crippen molar-refractivity contribution < 1.29 is 23.9 Å². The highest BCUT2D eigenvalue weighted by Crippen LogP contribution is 2.32. The molecule has 3 N–H and O–H groups in total. The lowest BCUT2D eigenvalue weighted by Crippen LogP contribution is -2.47. The Morgan fingerprint density at radius 2 is 1.86 bits per heavy atom. The van der Waals surface area contributed by atoms with Crippen molar-refractivity contribution in [3.8, 4) is 21.9 Å². The van der Waals surface area contributed by atoms with Crippen molar-refractivity contribution in [2.75, 3.05) is 26.8 Å². The van der Waals surface area contributed by atoms with E-state index in [1.165, 1.54) is 11.3 Å². The molecule has 37 heavy (non-hydrogen) atoms.